The van der Waals surface area contributed by atoms with Gasteiger partial charge in [-0.2, -0.15) is 0 Å². The van der Waals surface area contributed by atoms with Crippen LogP contribution in [0.4, 0.5) is 16.4 Å². The van der Waals surface area contributed by atoms with Crippen LogP contribution in [0.25, 0.3) is 55.4 Å². The van der Waals surface area contributed by atoms with Crippen molar-refractivity contribution >= 4 is 62.4 Å². The summed E-state index contributed by atoms with van der Waals surface area (Å²) in [6.45, 7) is 5.91. The van der Waals surface area contributed by atoms with Crippen LogP contribution < -0.4 is 16.0 Å². The van der Waals surface area contributed by atoms with Gasteiger partial charge >= 0.3 is 6.09 Å². The molecular weight excluding hydrogens is 959 g/mol. The molecule has 77 heavy (non-hydrogen) atoms. The van der Waals surface area contributed by atoms with Gasteiger partial charge in [-0.25, -0.2) is 19.7 Å². The van der Waals surface area contributed by atoms with Crippen LogP contribution in [0.5, 0.6) is 0 Å². The van der Waals surface area contributed by atoms with E-state index < -0.39 is 22.5 Å². The normalized spacial score (nSPS) is 16.5. The summed E-state index contributed by atoms with van der Waals surface area (Å²) >= 11 is 0. The van der Waals surface area contributed by atoms with Gasteiger partial charge in [0.2, 0.25) is 11.8 Å². The molecule has 382 valence electrons. The molecule has 7 heterocycles. The molecule has 5 aromatic heterocycles. The molecule has 3 amide bonds. The van der Waals surface area contributed by atoms with Crippen molar-refractivity contribution in [1.29, 1.82) is 0 Å². The molecule has 5 N–H and O–H groups in total. The number of fused-ring (bicyclic) bond motifs is 9. The zero-order chi connectivity index (χ0) is 52.5. The maximum absolute atomic E-state index is 13.1. The number of alkyl carbamates (subject to hydrolysis) is 1. The summed E-state index contributed by atoms with van der Waals surface area (Å²) in [5.74, 6) is 2.26. The molecule has 0 radical (unpaired) electrons. The van der Waals surface area contributed by atoms with Gasteiger partial charge in [0, 0.05) is 63.8 Å². The van der Waals surface area contributed by atoms with E-state index in [2.05, 4.69) is 133 Å². The van der Waals surface area contributed by atoms with Crippen LogP contribution in [0.2, 0.25) is 0 Å². The number of amides is 3. The van der Waals surface area contributed by atoms with E-state index in [1.54, 1.807) is 12.4 Å². The number of aromatic nitrogens is 6. The molecule has 0 saturated heterocycles. The number of rotatable bonds is 9. The minimum Gasteiger partial charge on any atom is -0.444 e. The Morgan fingerprint density at radius 3 is 1.96 bits per heavy atom. The molecule has 2 unspecified atom stereocenters. The fourth-order valence-electron chi connectivity index (χ4n) is 12.2. The number of H-pyrrole nitrogens is 2. The third kappa shape index (κ3) is 8.75. The van der Waals surface area contributed by atoms with Crippen molar-refractivity contribution in [3.63, 3.8) is 0 Å². The van der Waals surface area contributed by atoms with Crippen LogP contribution in [0.1, 0.15) is 83.8 Å². The Morgan fingerprint density at radius 1 is 0.623 bits per heavy atom. The number of pyridine rings is 3. The summed E-state index contributed by atoms with van der Waals surface area (Å²) in [4.78, 5) is 63.8. The Morgan fingerprint density at radius 2 is 1.25 bits per heavy atom. The Kier molecular flexibility index (Phi) is 11.6. The number of ether oxygens (including phenoxy) is 1. The maximum Gasteiger partial charge on any atom is 0.407 e. The second kappa shape index (κ2) is 18.7. The predicted octanol–water partition coefficient (Wildman–Crippen LogP) is 12.0. The molecular formula is C64H57N9O4. The van der Waals surface area contributed by atoms with Crippen molar-refractivity contribution in [2.75, 3.05) is 10.6 Å². The fourth-order valence-corrected chi connectivity index (χ4v) is 12.2. The average molecular weight is 1020 g/mol. The maximum atomic E-state index is 13.1. The van der Waals surface area contributed by atoms with Gasteiger partial charge in [-0.3, -0.25) is 14.6 Å². The lowest BCUT2D eigenvalue weighted by atomic mass is 9.79. The summed E-state index contributed by atoms with van der Waals surface area (Å²) in [5, 5.41) is 11.3. The molecule has 14 rings (SSSR count). The average Bonchev–Trinajstić information content (AvgIpc) is 4.49. The molecule has 2 aliphatic carbocycles. The van der Waals surface area contributed by atoms with Crippen LogP contribution in [-0.2, 0) is 70.2 Å². The highest BCUT2D eigenvalue weighted by Crippen LogP contribution is 2.49. The van der Waals surface area contributed by atoms with E-state index in [0.717, 1.165) is 110 Å². The number of carbonyl (C=O) groups is 3. The minimum absolute atomic E-state index is 0.0204. The van der Waals surface area contributed by atoms with Gasteiger partial charge in [-0.05, 0) is 165 Å². The van der Waals surface area contributed by atoms with E-state index in [1.807, 2.05) is 63.2 Å². The van der Waals surface area contributed by atoms with Crippen molar-refractivity contribution < 1.29 is 19.1 Å². The number of aromatic amines is 2. The summed E-state index contributed by atoms with van der Waals surface area (Å²) in [5.41, 5.74) is 15.8. The Hall–Kier alpha value is -8.97. The molecule has 13 nitrogen and oxygen atoms in total. The Bertz CT molecular complexity index is 3960. The van der Waals surface area contributed by atoms with Crippen molar-refractivity contribution in [2.45, 2.75) is 95.1 Å². The van der Waals surface area contributed by atoms with Gasteiger partial charge < -0.3 is 30.7 Å². The fraction of sp³-hybridized carbons (Fsp3) is 0.234. The Labute approximate surface area is 445 Å². The van der Waals surface area contributed by atoms with E-state index in [4.69, 9.17) is 14.7 Å². The van der Waals surface area contributed by atoms with E-state index >= 15 is 0 Å². The van der Waals surface area contributed by atoms with Gasteiger partial charge in [-0.1, -0.05) is 84.9 Å². The minimum atomic E-state index is -0.595. The highest BCUT2D eigenvalue weighted by atomic mass is 16.6. The standard InChI is InChI=1S/C34H31N5O3.C30H26N4O/c1-33(2,3)42-32(41)36-19-22-7-4-5-8-25(22)20-10-12-21(13-11-20)29-37-27-15-23-17-34(18-24(23)16-28(27)38-29)26-9-6-14-35-30(26)39-31(34)40;35-29-30(25-9-5-13-31-28(25)34-29)16-21-14-19-11-12-23(33-27(19)15-22(21)17-30)7-2-1-6-20-18-32-26-10-4-3-8-24(20)26/h4-16H,17-19H2,1-3H3,(H,36,41)(H,37,38)(H,35,39,40);3-5,8-15,18,32H,1-2,6-7,16-17H2,(H,31,34,35). The summed E-state index contributed by atoms with van der Waals surface area (Å²) in [7, 11) is 0. The number of hydrogen-bond acceptors (Lipinski definition) is 8. The summed E-state index contributed by atoms with van der Waals surface area (Å²) in [6, 6.07) is 45.7. The molecule has 10 aromatic rings. The highest BCUT2D eigenvalue weighted by Gasteiger charge is 2.52. The number of benzene rings is 5. The number of unbranched alkanes of at least 4 members (excludes halogenated alkanes) is 1. The van der Waals surface area contributed by atoms with E-state index in [-0.39, 0.29) is 11.8 Å². The van der Waals surface area contributed by atoms with E-state index in [1.165, 1.54) is 27.6 Å². The molecule has 4 aliphatic rings. The zero-order valence-electron chi connectivity index (χ0n) is 43.2. The smallest absolute Gasteiger partial charge is 0.407 e. The van der Waals surface area contributed by atoms with E-state index in [0.29, 0.717) is 37.4 Å². The monoisotopic (exact) mass is 1020 g/mol. The van der Waals surface area contributed by atoms with Gasteiger partial charge in [0.25, 0.3) is 0 Å². The number of anilines is 2. The first-order chi connectivity index (χ1) is 37.4. The van der Waals surface area contributed by atoms with Gasteiger partial charge in [-0.15, -0.1) is 0 Å². The third-order valence-electron chi connectivity index (χ3n) is 15.9. The van der Waals surface area contributed by atoms with Crippen molar-refractivity contribution in [2.24, 2.45) is 0 Å². The Balaban J connectivity index is 0.000000149. The molecule has 2 atom stereocenters. The number of aryl methyl sites for hydroxylation is 2. The first kappa shape index (κ1) is 47.7. The number of nitrogens with one attached hydrogen (secondary N) is 5. The second-order valence-corrected chi connectivity index (χ2v) is 22.1. The van der Waals surface area contributed by atoms with Crippen molar-refractivity contribution in [3.05, 3.63) is 202 Å². The molecule has 5 aromatic carbocycles. The number of imidazole rings is 1. The molecule has 0 fully saturated rings. The predicted molar refractivity (Wildman–Crippen MR) is 301 cm³/mol. The molecule has 2 aliphatic heterocycles. The largest absolute Gasteiger partial charge is 0.444 e. The van der Waals surface area contributed by atoms with Crippen LogP contribution >= 0.6 is 0 Å². The van der Waals surface area contributed by atoms with Crippen LogP contribution in [-0.4, -0.2) is 53.4 Å². The van der Waals surface area contributed by atoms with Crippen LogP contribution in [0.3, 0.4) is 0 Å². The van der Waals surface area contributed by atoms with Gasteiger partial charge in [0.1, 0.15) is 23.1 Å². The van der Waals surface area contributed by atoms with Crippen LogP contribution in [0, 0.1) is 0 Å². The lowest BCUT2D eigenvalue weighted by molar-refractivity contribution is -0.121. The summed E-state index contributed by atoms with van der Waals surface area (Å²) in [6.07, 6.45) is 12.2. The third-order valence-corrected chi connectivity index (χ3v) is 15.9. The topological polar surface area (TPSA) is 180 Å². The van der Waals surface area contributed by atoms with Crippen LogP contribution in [0.15, 0.2) is 152 Å². The highest BCUT2D eigenvalue weighted by molar-refractivity contribution is 6.07. The number of hydrogen-bond donors (Lipinski definition) is 5. The molecule has 13 heteroatoms. The zero-order valence-corrected chi connectivity index (χ0v) is 43.2. The molecule has 0 saturated carbocycles. The lowest BCUT2D eigenvalue weighted by Crippen LogP contribution is -2.35. The van der Waals surface area contributed by atoms with Gasteiger partial charge in [0.15, 0.2) is 0 Å². The second-order valence-electron chi connectivity index (χ2n) is 22.1. The van der Waals surface area contributed by atoms with Crippen molar-refractivity contribution in [3.8, 4) is 22.5 Å². The van der Waals surface area contributed by atoms with Gasteiger partial charge in [0.05, 0.1) is 27.4 Å². The molecule has 2 spiro atoms. The quantitative estimate of drug-likeness (QED) is 0.0886. The first-order valence-electron chi connectivity index (χ1n) is 26.6. The molecule has 0 bridgehead atoms. The first-order valence-corrected chi connectivity index (χ1v) is 26.6. The number of para-hydroxylation sites is 1. The lowest BCUT2D eigenvalue weighted by Gasteiger charge is -2.20. The van der Waals surface area contributed by atoms with E-state index in [9.17, 15) is 14.4 Å². The number of carbonyl (C=O) groups excluding carboxylic acids is 3. The summed E-state index contributed by atoms with van der Waals surface area (Å²) < 4.78 is 5.38. The van der Waals surface area contributed by atoms with Crippen molar-refractivity contribution in [1.82, 2.24) is 35.2 Å². The SMILES string of the molecule is CC(C)(C)OC(=O)NCc1ccccc1-c1ccc(-c2nc3cc4c(cc3[nH]2)CC2(C4)C(=O)Nc3ncccc32)cc1.O=C1Nc2ncccc2C12Cc1cc3ccc(CCCCc4c[nH]c5ccccc45)nc3cc1C2. The number of nitrogens with zero attached hydrogens (tertiary/aromatic N) is 4.